The molecule has 0 aliphatic rings. The molecular weight excluding hydrogens is 344 g/mol. The summed E-state index contributed by atoms with van der Waals surface area (Å²) in [5.41, 5.74) is 3.71. The van der Waals surface area contributed by atoms with E-state index in [1.807, 2.05) is 0 Å². The minimum atomic E-state index is 0.180. The first-order valence-corrected chi connectivity index (χ1v) is 9.15. The Kier molecular flexibility index (Phi) is 5.97. The number of thiazole rings is 1. The van der Waals surface area contributed by atoms with E-state index >= 15 is 0 Å². The molecule has 1 unspecified atom stereocenters. The van der Waals surface area contributed by atoms with E-state index in [-0.39, 0.29) is 6.04 Å². The second kappa shape index (κ2) is 7.52. The third-order valence-corrected chi connectivity index (χ3v) is 5.29. The van der Waals surface area contributed by atoms with E-state index < -0.39 is 0 Å². The maximum atomic E-state index is 4.83. The molecule has 4 heteroatoms. The molecule has 1 atom stereocenters. The standard InChI is InChI=1S/C17H23BrN2S/c1-5-8-19-16(13-7-6-12(4)14(18)9-13)17-20-15(10-21-17)11(2)3/h6-7,9-11,16,19H,5,8H2,1-4H3. The molecule has 0 radical (unpaired) electrons. The highest BCUT2D eigenvalue weighted by Crippen LogP contribution is 2.30. The van der Waals surface area contributed by atoms with Crippen LogP contribution in [0.5, 0.6) is 0 Å². The van der Waals surface area contributed by atoms with Crippen molar-refractivity contribution in [3.63, 3.8) is 0 Å². The van der Waals surface area contributed by atoms with Crippen molar-refractivity contribution in [2.24, 2.45) is 0 Å². The Labute approximate surface area is 140 Å². The molecule has 21 heavy (non-hydrogen) atoms. The van der Waals surface area contributed by atoms with E-state index in [4.69, 9.17) is 4.98 Å². The fourth-order valence-electron chi connectivity index (χ4n) is 2.12. The van der Waals surface area contributed by atoms with Crippen molar-refractivity contribution in [2.45, 2.75) is 46.1 Å². The summed E-state index contributed by atoms with van der Waals surface area (Å²) < 4.78 is 1.16. The fourth-order valence-corrected chi connectivity index (χ4v) is 3.60. The second-order valence-electron chi connectivity index (χ2n) is 5.66. The van der Waals surface area contributed by atoms with Gasteiger partial charge in [0, 0.05) is 9.85 Å². The van der Waals surface area contributed by atoms with Gasteiger partial charge < -0.3 is 5.32 Å². The summed E-state index contributed by atoms with van der Waals surface area (Å²) in [6.45, 7) is 9.68. The van der Waals surface area contributed by atoms with Crippen LogP contribution in [0.15, 0.2) is 28.1 Å². The van der Waals surface area contributed by atoms with Crippen LogP contribution in [0, 0.1) is 6.92 Å². The molecule has 2 rings (SSSR count). The van der Waals surface area contributed by atoms with Crippen LogP contribution in [0.25, 0.3) is 0 Å². The zero-order chi connectivity index (χ0) is 15.4. The number of hydrogen-bond acceptors (Lipinski definition) is 3. The van der Waals surface area contributed by atoms with Crippen LogP contribution in [0.1, 0.15) is 61.0 Å². The molecule has 0 aliphatic heterocycles. The van der Waals surface area contributed by atoms with Gasteiger partial charge in [-0.3, -0.25) is 0 Å². The molecule has 1 N–H and O–H groups in total. The molecule has 0 bridgehead atoms. The van der Waals surface area contributed by atoms with Crippen molar-refractivity contribution in [3.8, 4) is 0 Å². The zero-order valence-electron chi connectivity index (χ0n) is 13.1. The van der Waals surface area contributed by atoms with Gasteiger partial charge in [-0.2, -0.15) is 0 Å². The van der Waals surface area contributed by atoms with Gasteiger partial charge in [-0.25, -0.2) is 4.98 Å². The monoisotopic (exact) mass is 366 g/mol. The fraction of sp³-hybridized carbons (Fsp3) is 0.471. The van der Waals surface area contributed by atoms with Crippen LogP contribution in [0.2, 0.25) is 0 Å². The van der Waals surface area contributed by atoms with Gasteiger partial charge in [0.1, 0.15) is 5.01 Å². The summed E-state index contributed by atoms with van der Waals surface area (Å²) in [4.78, 5) is 4.83. The van der Waals surface area contributed by atoms with Crippen molar-refractivity contribution in [3.05, 3.63) is 49.9 Å². The van der Waals surface area contributed by atoms with E-state index in [2.05, 4.69) is 72.5 Å². The lowest BCUT2D eigenvalue weighted by molar-refractivity contribution is 0.593. The molecular formula is C17H23BrN2S. The molecule has 1 heterocycles. The average molecular weight is 367 g/mol. The van der Waals surface area contributed by atoms with Crippen molar-refractivity contribution in [1.29, 1.82) is 0 Å². The third-order valence-electron chi connectivity index (χ3n) is 3.51. The van der Waals surface area contributed by atoms with Crippen LogP contribution in [0.3, 0.4) is 0 Å². The zero-order valence-corrected chi connectivity index (χ0v) is 15.5. The predicted molar refractivity (Wildman–Crippen MR) is 95.2 cm³/mol. The lowest BCUT2D eigenvalue weighted by atomic mass is 10.1. The number of aryl methyl sites for hydroxylation is 1. The molecule has 0 saturated carbocycles. The van der Waals surface area contributed by atoms with E-state index in [9.17, 15) is 0 Å². The Morgan fingerprint density at radius 1 is 1.33 bits per heavy atom. The van der Waals surface area contributed by atoms with Crippen molar-refractivity contribution < 1.29 is 0 Å². The van der Waals surface area contributed by atoms with Gasteiger partial charge in [-0.1, -0.05) is 48.8 Å². The van der Waals surface area contributed by atoms with Crippen LogP contribution >= 0.6 is 27.3 Å². The molecule has 0 fully saturated rings. The first-order chi connectivity index (χ1) is 10.0. The van der Waals surface area contributed by atoms with Crippen molar-refractivity contribution in [2.75, 3.05) is 6.54 Å². The summed E-state index contributed by atoms with van der Waals surface area (Å²) in [5, 5.41) is 6.97. The minimum Gasteiger partial charge on any atom is -0.304 e. The Bertz CT molecular complexity index is 592. The maximum absolute atomic E-state index is 4.83. The number of aromatic nitrogens is 1. The lowest BCUT2D eigenvalue weighted by Gasteiger charge is -2.17. The van der Waals surface area contributed by atoms with E-state index in [0.29, 0.717) is 5.92 Å². The molecule has 0 saturated heterocycles. The third kappa shape index (κ3) is 4.15. The number of hydrogen-bond donors (Lipinski definition) is 1. The van der Waals surface area contributed by atoms with Gasteiger partial charge in [0.2, 0.25) is 0 Å². The van der Waals surface area contributed by atoms with E-state index in [0.717, 1.165) is 22.4 Å². The molecule has 0 amide bonds. The number of benzene rings is 1. The smallest absolute Gasteiger partial charge is 0.114 e. The summed E-state index contributed by atoms with van der Waals surface area (Å²) in [7, 11) is 0. The quantitative estimate of drug-likeness (QED) is 0.737. The van der Waals surface area contributed by atoms with Gasteiger partial charge >= 0.3 is 0 Å². The Morgan fingerprint density at radius 3 is 2.67 bits per heavy atom. The summed E-state index contributed by atoms with van der Waals surface area (Å²) in [6, 6.07) is 6.75. The lowest BCUT2D eigenvalue weighted by Crippen LogP contribution is -2.23. The number of nitrogens with zero attached hydrogens (tertiary/aromatic N) is 1. The SMILES string of the molecule is CCCNC(c1ccc(C)c(Br)c1)c1nc(C(C)C)cs1. The van der Waals surface area contributed by atoms with Crippen molar-refractivity contribution in [1.82, 2.24) is 10.3 Å². The van der Waals surface area contributed by atoms with E-state index in [1.165, 1.54) is 16.8 Å². The molecule has 1 aromatic carbocycles. The first-order valence-electron chi connectivity index (χ1n) is 7.47. The van der Waals surface area contributed by atoms with Gasteiger partial charge in [-0.05, 0) is 43.0 Å². The highest BCUT2D eigenvalue weighted by molar-refractivity contribution is 9.10. The van der Waals surface area contributed by atoms with Crippen LogP contribution in [-0.4, -0.2) is 11.5 Å². The average Bonchev–Trinajstić information content (AvgIpc) is 2.93. The summed E-state index contributed by atoms with van der Waals surface area (Å²) in [6.07, 6.45) is 1.12. The van der Waals surface area contributed by atoms with Gasteiger partial charge in [0.05, 0.1) is 11.7 Å². The van der Waals surface area contributed by atoms with Crippen LogP contribution in [0.4, 0.5) is 0 Å². The van der Waals surface area contributed by atoms with E-state index in [1.54, 1.807) is 11.3 Å². The van der Waals surface area contributed by atoms with Gasteiger partial charge in [-0.15, -0.1) is 11.3 Å². The Hall–Kier alpha value is -0.710. The first kappa shape index (κ1) is 16.7. The van der Waals surface area contributed by atoms with Gasteiger partial charge in [0.15, 0.2) is 0 Å². The summed E-state index contributed by atoms with van der Waals surface area (Å²) in [5.74, 6) is 0.478. The van der Waals surface area contributed by atoms with Crippen molar-refractivity contribution >= 4 is 27.3 Å². The van der Waals surface area contributed by atoms with Gasteiger partial charge in [0.25, 0.3) is 0 Å². The highest BCUT2D eigenvalue weighted by Gasteiger charge is 2.18. The topological polar surface area (TPSA) is 24.9 Å². The minimum absolute atomic E-state index is 0.180. The molecule has 2 nitrogen and oxygen atoms in total. The maximum Gasteiger partial charge on any atom is 0.114 e. The van der Waals surface area contributed by atoms with Crippen LogP contribution < -0.4 is 5.32 Å². The second-order valence-corrected chi connectivity index (χ2v) is 7.41. The largest absolute Gasteiger partial charge is 0.304 e. The number of nitrogens with one attached hydrogen (secondary N) is 1. The number of halogens is 1. The normalized spacial score (nSPS) is 12.9. The molecule has 1 aromatic heterocycles. The molecule has 0 spiro atoms. The Balaban J connectivity index is 2.34. The predicted octanol–water partition coefficient (Wildman–Crippen LogP) is 5.43. The molecule has 0 aliphatic carbocycles. The number of rotatable bonds is 6. The summed E-state index contributed by atoms with van der Waals surface area (Å²) >= 11 is 5.39. The molecule has 2 aromatic rings. The molecule has 114 valence electrons. The van der Waals surface area contributed by atoms with Crippen LogP contribution in [-0.2, 0) is 0 Å². The Morgan fingerprint density at radius 2 is 2.10 bits per heavy atom. The highest BCUT2D eigenvalue weighted by atomic mass is 79.9.